The van der Waals surface area contributed by atoms with Crippen molar-refractivity contribution < 1.29 is 5.11 Å². The Hall–Kier alpha value is 0.130. The van der Waals surface area contributed by atoms with E-state index in [0.717, 1.165) is 22.9 Å². The second kappa shape index (κ2) is 6.72. The molecule has 0 bridgehead atoms. The lowest BCUT2D eigenvalue weighted by Gasteiger charge is -2.30. The molecule has 2 rings (SSSR count). The maximum Gasteiger partial charge on any atom is 0.0833 e. The zero-order chi connectivity index (χ0) is 13.9. The molecule has 0 spiro atoms. The van der Waals surface area contributed by atoms with E-state index in [1.807, 2.05) is 37.1 Å². The van der Waals surface area contributed by atoms with Crippen LogP contribution < -0.4 is 5.32 Å². The molecule has 0 saturated heterocycles. The molecule has 0 aromatic heterocycles. The van der Waals surface area contributed by atoms with E-state index < -0.39 is 5.60 Å². The van der Waals surface area contributed by atoms with Gasteiger partial charge in [0, 0.05) is 28.3 Å². The van der Waals surface area contributed by atoms with Crippen molar-refractivity contribution in [2.75, 3.05) is 24.3 Å². The van der Waals surface area contributed by atoms with Crippen LogP contribution in [0.15, 0.2) is 23.1 Å². The number of hydrogen-bond donors (Lipinski definition) is 2. The zero-order valence-corrected chi connectivity index (χ0v) is 13.7. The predicted molar refractivity (Wildman–Crippen MR) is 86.5 cm³/mol. The molecule has 5 heteroatoms. The summed E-state index contributed by atoms with van der Waals surface area (Å²) in [4.78, 5) is 1.30. The average Bonchev–Trinajstić information content (AvgIpc) is 2.36. The number of halogens is 1. The first-order chi connectivity index (χ1) is 9.02. The van der Waals surface area contributed by atoms with Crippen LogP contribution in [0.2, 0.25) is 5.02 Å². The number of hydrogen-bond acceptors (Lipinski definition) is 4. The molecule has 0 aliphatic carbocycles. The van der Waals surface area contributed by atoms with Gasteiger partial charge in [-0.05, 0) is 49.1 Å². The number of aliphatic hydroxyl groups is 1. The van der Waals surface area contributed by atoms with Gasteiger partial charge in [-0.3, -0.25) is 0 Å². The smallest absolute Gasteiger partial charge is 0.0833 e. The van der Waals surface area contributed by atoms with Crippen LogP contribution in [0.5, 0.6) is 0 Å². The van der Waals surface area contributed by atoms with E-state index in [9.17, 15) is 5.11 Å². The number of nitrogens with one attached hydrogen (secondary N) is 1. The molecule has 106 valence electrons. The van der Waals surface area contributed by atoms with Crippen molar-refractivity contribution in [3.63, 3.8) is 0 Å². The molecule has 1 aromatic carbocycles. The van der Waals surface area contributed by atoms with Gasteiger partial charge in [-0.2, -0.15) is 11.8 Å². The average molecular weight is 318 g/mol. The summed E-state index contributed by atoms with van der Waals surface area (Å²) in [6.07, 6.45) is 3.09. The Morgan fingerprint density at radius 1 is 1.58 bits per heavy atom. The van der Waals surface area contributed by atoms with Crippen LogP contribution in [0.3, 0.4) is 0 Å². The quantitative estimate of drug-likeness (QED) is 0.869. The van der Waals surface area contributed by atoms with Crippen LogP contribution in [0, 0.1) is 0 Å². The molecule has 2 unspecified atom stereocenters. The summed E-state index contributed by atoms with van der Waals surface area (Å²) in [5.74, 6) is 1.85. The van der Waals surface area contributed by atoms with Crippen LogP contribution in [0.4, 0.5) is 0 Å². The number of thioether (sulfide) groups is 2. The zero-order valence-electron chi connectivity index (χ0n) is 11.3. The van der Waals surface area contributed by atoms with Gasteiger partial charge in [0.1, 0.15) is 0 Å². The van der Waals surface area contributed by atoms with E-state index in [1.54, 1.807) is 11.8 Å². The molecule has 2 nitrogen and oxygen atoms in total. The number of fused-ring (bicyclic) bond motifs is 1. The van der Waals surface area contributed by atoms with E-state index in [-0.39, 0.29) is 0 Å². The van der Waals surface area contributed by atoms with Crippen molar-refractivity contribution in [3.05, 3.63) is 28.8 Å². The molecule has 1 aliphatic rings. The molecule has 0 radical (unpaired) electrons. The second-order valence-corrected chi connectivity index (χ2v) is 7.62. The van der Waals surface area contributed by atoms with Crippen molar-refractivity contribution in [3.8, 4) is 0 Å². The van der Waals surface area contributed by atoms with Crippen molar-refractivity contribution in [2.45, 2.75) is 29.9 Å². The highest BCUT2D eigenvalue weighted by Crippen LogP contribution is 2.37. The van der Waals surface area contributed by atoms with Gasteiger partial charge in [-0.1, -0.05) is 11.6 Å². The SMILES string of the molecule is CSCC(C)(O)CNC1CCSc2ccc(Cl)cc21. The normalized spacial score (nSPS) is 21.8. The summed E-state index contributed by atoms with van der Waals surface area (Å²) in [7, 11) is 0. The summed E-state index contributed by atoms with van der Waals surface area (Å²) in [5.41, 5.74) is 0.603. The summed E-state index contributed by atoms with van der Waals surface area (Å²) in [6, 6.07) is 6.38. The fourth-order valence-electron chi connectivity index (χ4n) is 2.28. The van der Waals surface area contributed by atoms with Gasteiger partial charge in [-0.15, -0.1) is 11.8 Å². The largest absolute Gasteiger partial charge is 0.388 e. The first-order valence-corrected chi connectivity index (χ1v) is 9.14. The molecule has 19 heavy (non-hydrogen) atoms. The van der Waals surface area contributed by atoms with Crippen LogP contribution in [0.25, 0.3) is 0 Å². The topological polar surface area (TPSA) is 32.3 Å². The Balaban J connectivity index is 2.05. The molecule has 1 aliphatic heterocycles. The number of benzene rings is 1. The van der Waals surface area contributed by atoms with Crippen LogP contribution >= 0.6 is 35.1 Å². The minimum Gasteiger partial charge on any atom is -0.388 e. The first-order valence-electron chi connectivity index (χ1n) is 6.39. The maximum absolute atomic E-state index is 10.2. The van der Waals surface area contributed by atoms with Crippen LogP contribution in [-0.2, 0) is 0 Å². The fourth-order valence-corrected chi connectivity index (χ4v) is 4.29. The van der Waals surface area contributed by atoms with Crippen molar-refractivity contribution in [1.29, 1.82) is 0 Å². The van der Waals surface area contributed by atoms with E-state index in [2.05, 4.69) is 11.4 Å². The van der Waals surface area contributed by atoms with Crippen molar-refractivity contribution in [2.24, 2.45) is 0 Å². The minimum absolute atomic E-state index is 0.295. The molecule has 0 saturated carbocycles. The maximum atomic E-state index is 10.2. The Morgan fingerprint density at radius 3 is 3.11 bits per heavy atom. The molecule has 2 atom stereocenters. The van der Waals surface area contributed by atoms with Crippen molar-refractivity contribution >= 4 is 35.1 Å². The van der Waals surface area contributed by atoms with Crippen molar-refractivity contribution in [1.82, 2.24) is 5.32 Å². The van der Waals surface area contributed by atoms with Gasteiger partial charge in [0.2, 0.25) is 0 Å². The highest BCUT2D eigenvalue weighted by atomic mass is 35.5. The van der Waals surface area contributed by atoms with Gasteiger partial charge in [0.05, 0.1) is 5.60 Å². The Kier molecular flexibility index (Phi) is 5.49. The third-order valence-corrected chi connectivity index (χ3v) is 5.46. The summed E-state index contributed by atoms with van der Waals surface area (Å²) < 4.78 is 0. The molecule has 1 aromatic rings. The van der Waals surface area contributed by atoms with Gasteiger partial charge in [0.25, 0.3) is 0 Å². The summed E-state index contributed by atoms with van der Waals surface area (Å²) in [5, 5.41) is 14.5. The lowest BCUT2D eigenvalue weighted by molar-refractivity contribution is 0.0811. The molecule has 0 fully saturated rings. The predicted octanol–water partition coefficient (Wildman–Crippen LogP) is 3.58. The highest BCUT2D eigenvalue weighted by molar-refractivity contribution is 7.99. The summed E-state index contributed by atoms with van der Waals surface area (Å²) in [6.45, 7) is 2.49. The summed E-state index contributed by atoms with van der Waals surface area (Å²) >= 11 is 9.64. The Labute approximate surface area is 128 Å². The lowest BCUT2D eigenvalue weighted by atomic mass is 10.0. The van der Waals surface area contributed by atoms with E-state index in [0.29, 0.717) is 12.6 Å². The third-order valence-electron chi connectivity index (χ3n) is 3.20. The van der Waals surface area contributed by atoms with Gasteiger partial charge in [0.15, 0.2) is 0 Å². The van der Waals surface area contributed by atoms with Crippen LogP contribution in [0.1, 0.15) is 24.9 Å². The first kappa shape index (κ1) is 15.5. The molecular formula is C14H20ClNOS2. The second-order valence-electron chi connectivity index (χ2n) is 5.18. The van der Waals surface area contributed by atoms with Crippen LogP contribution in [-0.4, -0.2) is 35.0 Å². The minimum atomic E-state index is -0.664. The fraction of sp³-hybridized carbons (Fsp3) is 0.571. The number of rotatable bonds is 5. The molecule has 2 N–H and O–H groups in total. The van der Waals surface area contributed by atoms with Gasteiger partial charge < -0.3 is 10.4 Å². The van der Waals surface area contributed by atoms with E-state index in [1.165, 1.54) is 10.5 Å². The lowest BCUT2D eigenvalue weighted by Crippen LogP contribution is -2.42. The Morgan fingerprint density at radius 2 is 2.37 bits per heavy atom. The van der Waals surface area contributed by atoms with E-state index in [4.69, 9.17) is 11.6 Å². The van der Waals surface area contributed by atoms with E-state index >= 15 is 0 Å². The molecule has 0 amide bonds. The van der Waals surface area contributed by atoms with Gasteiger partial charge >= 0.3 is 0 Å². The standard InChI is InChI=1S/C14H20ClNOS2/c1-14(17,9-18-2)8-16-12-5-6-19-13-4-3-10(15)7-11(12)13/h3-4,7,12,16-17H,5-6,8-9H2,1-2H3. The van der Waals surface area contributed by atoms with Gasteiger partial charge in [-0.25, -0.2) is 0 Å². The third kappa shape index (κ3) is 4.30. The molecule has 1 heterocycles. The Bertz CT molecular complexity index is 439. The molecular weight excluding hydrogens is 298 g/mol. The highest BCUT2D eigenvalue weighted by Gasteiger charge is 2.25. The monoisotopic (exact) mass is 317 g/mol.